The van der Waals surface area contributed by atoms with E-state index >= 15 is 0 Å². The highest BCUT2D eigenvalue weighted by Gasteiger charge is 2.14. The molecule has 0 amide bonds. The van der Waals surface area contributed by atoms with E-state index < -0.39 is 10.6 Å². The van der Waals surface area contributed by atoms with Gasteiger partial charge in [-0.25, -0.2) is 9.78 Å². The van der Waals surface area contributed by atoms with Crippen LogP contribution in [0, 0.1) is 10.1 Å². The number of fused-ring (bicyclic) bond motifs is 1. The molecule has 0 saturated carbocycles. The van der Waals surface area contributed by atoms with Crippen molar-refractivity contribution < 1.29 is 4.92 Å². The van der Waals surface area contributed by atoms with E-state index in [4.69, 9.17) is 0 Å². The van der Waals surface area contributed by atoms with E-state index in [1.54, 1.807) is 24.3 Å². The molecule has 32 heavy (non-hydrogen) atoms. The lowest BCUT2D eigenvalue weighted by atomic mass is 10.1. The molecule has 0 unspecified atom stereocenters. The third-order valence-electron chi connectivity index (χ3n) is 5.41. The minimum atomic E-state index is -0.470. The Bertz CT molecular complexity index is 1360. The molecule has 0 saturated heterocycles. The van der Waals surface area contributed by atoms with E-state index in [1.165, 1.54) is 33.0 Å². The molecule has 0 radical (unpaired) electrons. The predicted molar refractivity (Wildman–Crippen MR) is 122 cm³/mol. The Labute approximate surface area is 183 Å². The molecule has 0 spiro atoms. The Hall–Kier alpha value is -4.07. The van der Waals surface area contributed by atoms with Crippen LogP contribution in [0.3, 0.4) is 0 Å². The number of pyridine rings is 1. The van der Waals surface area contributed by atoms with E-state index in [0.717, 1.165) is 12.8 Å². The van der Waals surface area contributed by atoms with Crippen molar-refractivity contribution in [1.82, 2.24) is 14.1 Å². The van der Waals surface area contributed by atoms with Gasteiger partial charge >= 0.3 is 5.69 Å². The summed E-state index contributed by atoms with van der Waals surface area (Å²) in [4.78, 5) is 40.9. The Morgan fingerprint density at radius 3 is 2.31 bits per heavy atom. The average molecular weight is 430 g/mol. The van der Waals surface area contributed by atoms with Crippen LogP contribution in [0.5, 0.6) is 0 Å². The second-order valence-corrected chi connectivity index (χ2v) is 7.57. The number of hydrogen-bond acceptors (Lipinski definition) is 5. The number of non-ortho nitro benzene ring substituents is 1. The molecule has 162 valence electrons. The number of hydrogen-bond donors (Lipinski definition) is 0. The molecule has 2 heterocycles. The summed E-state index contributed by atoms with van der Waals surface area (Å²) in [6.07, 6.45) is 3.95. The molecule has 8 nitrogen and oxygen atoms in total. The van der Waals surface area contributed by atoms with Gasteiger partial charge in [0.1, 0.15) is 5.65 Å². The zero-order valence-corrected chi connectivity index (χ0v) is 17.4. The first-order chi connectivity index (χ1) is 15.5. The average Bonchev–Trinajstić information content (AvgIpc) is 2.82. The number of benzene rings is 2. The lowest BCUT2D eigenvalue weighted by Crippen LogP contribution is -2.40. The van der Waals surface area contributed by atoms with E-state index in [0.29, 0.717) is 29.6 Å². The molecule has 0 aliphatic rings. The van der Waals surface area contributed by atoms with Crippen LogP contribution < -0.4 is 11.2 Å². The number of aromatic nitrogens is 3. The van der Waals surface area contributed by atoms with Crippen molar-refractivity contribution in [3.05, 3.63) is 115 Å². The molecule has 2 aromatic carbocycles. The normalized spacial score (nSPS) is 11.0. The first-order valence-electron chi connectivity index (χ1n) is 10.4. The largest absolute Gasteiger partial charge is 0.332 e. The molecule has 0 N–H and O–H groups in total. The third-order valence-corrected chi connectivity index (χ3v) is 5.41. The fraction of sp³-hybridized carbons (Fsp3) is 0.208. The van der Waals surface area contributed by atoms with Crippen LogP contribution in [0.15, 0.2) is 82.5 Å². The lowest BCUT2D eigenvalue weighted by Gasteiger charge is -2.13. The summed E-state index contributed by atoms with van der Waals surface area (Å²) in [5.41, 5.74) is 1.43. The van der Waals surface area contributed by atoms with Crippen LogP contribution in [0.25, 0.3) is 11.0 Å². The van der Waals surface area contributed by atoms with Crippen LogP contribution in [-0.4, -0.2) is 19.0 Å². The Kier molecular flexibility index (Phi) is 6.21. The number of nitro benzene ring substituents is 1. The van der Waals surface area contributed by atoms with E-state index in [2.05, 4.69) is 17.1 Å². The van der Waals surface area contributed by atoms with Crippen molar-refractivity contribution in [3.63, 3.8) is 0 Å². The molecule has 0 bridgehead atoms. The van der Waals surface area contributed by atoms with E-state index in [9.17, 15) is 19.7 Å². The number of nitro groups is 1. The van der Waals surface area contributed by atoms with Gasteiger partial charge in [-0.3, -0.25) is 24.0 Å². The van der Waals surface area contributed by atoms with Crippen LogP contribution in [0.1, 0.15) is 24.0 Å². The molecule has 8 heteroatoms. The SMILES string of the molecule is O=c1c2cccnc2n(Cc2ccc([N+](=O)[O-])cc2)c(=O)n1CCCCc1ccccc1. The van der Waals surface area contributed by atoms with Crippen LogP contribution >= 0.6 is 0 Å². The number of nitrogens with zero attached hydrogens (tertiary/aromatic N) is 4. The fourth-order valence-electron chi connectivity index (χ4n) is 3.74. The smallest absolute Gasteiger partial charge is 0.273 e. The summed E-state index contributed by atoms with van der Waals surface area (Å²) >= 11 is 0. The predicted octanol–water partition coefficient (Wildman–Crippen LogP) is 3.54. The third kappa shape index (κ3) is 4.49. The second-order valence-electron chi connectivity index (χ2n) is 7.57. The quantitative estimate of drug-likeness (QED) is 0.242. The molecular formula is C24H22N4O4. The molecule has 4 rings (SSSR count). The summed E-state index contributed by atoms with van der Waals surface area (Å²) in [7, 11) is 0. The number of aryl methyl sites for hydroxylation is 1. The highest BCUT2D eigenvalue weighted by Crippen LogP contribution is 2.14. The van der Waals surface area contributed by atoms with Gasteiger partial charge in [0.2, 0.25) is 0 Å². The van der Waals surface area contributed by atoms with Gasteiger partial charge in [-0.05, 0) is 42.5 Å². The van der Waals surface area contributed by atoms with Crippen LogP contribution in [0.4, 0.5) is 5.69 Å². The van der Waals surface area contributed by atoms with Gasteiger partial charge < -0.3 is 0 Å². The number of rotatable bonds is 8. The second kappa shape index (κ2) is 9.38. The summed E-state index contributed by atoms with van der Waals surface area (Å²) < 4.78 is 2.72. The van der Waals surface area contributed by atoms with Gasteiger partial charge in [0.25, 0.3) is 11.2 Å². The van der Waals surface area contributed by atoms with Crippen molar-refractivity contribution >= 4 is 16.7 Å². The maximum atomic E-state index is 13.2. The molecule has 0 aliphatic heterocycles. The van der Waals surface area contributed by atoms with Crippen LogP contribution in [-0.2, 0) is 19.5 Å². The number of unbranched alkanes of at least 4 members (excludes halogenated alkanes) is 1. The minimum absolute atomic E-state index is 0.0209. The molecule has 2 aromatic heterocycles. The topological polar surface area (TPSA) is 100 Å². The molecule has 0 fully saturated rings. The standard InChI is InChI=1S/C24H22N4O4/c29-23-21-10-6-15-25-22(21)27(17-19-11-13-20(14-12-19)28(31)32)24(30)26(23)16-5-4-9-18-7-2-1-3-8-18/h1-3,6-8,10-15H,4-5,9,16-17H2. The van der Waals surface area contributed by atoms with E-state index in [1.807, 2.05) is 18.2 Å². The summed E-state index contributed by atoms with van der Waals surface area (Å²) in [5, 5.41) is 11.3. The minimum Gasteiger partial charge on any atom is -0.273 e. The molecular weight excluding hydrogens is 408 g/mol. The van der Waals surface area contributed by atoms with Crippen molar-refractivity contribution in [2.45, 2.75) is 32.4 Å². The van der Waals surface area contributed by atoms with Gasteiger partial charge in [0.05, 0.1) is 16.9 Å². The lowest BCUT2D eigenvalue weighted by molar-refractivity contribution is -0.384. The monoisotopic (exact) mass is 430 g/mol. The molecule has 0 atom stereocenters. The molecule has 0 aliphatic carbocycles. The van der Waals surface area contributed by atoms with E-state index in [-0.39, 0.29) is 17.8 Å². The maximum Gasteiger partial charge on any atom is 0.332 e. The first-order valence-corrected chi connectivity index (χ1v) is 10.4. The Balaban J connectivity index is 1.62. The van der Waals surface area contributed by atoms with Crippen molar-refractivity contribution in [3.8, 4) is 0 Å². The summed E-state index contributed by atoms with van der Waals surface area (Å²) in [6, 6.07) is 19.4. The first kappa shape index (κ1) is 21.2. The highest BCUT2D eigenvalue weighted by molar-refractivity contribution is 5.73. The Morgan fingerprint density at radius 2 is 1.59 bits per heavy atom. The van der Waals surface area contributed by atoms with Gasteiger partial charge in [-0.2, -0.15) is 0 Å². The van der Waals surface area contributed by atoms with Crippen LogP contribution in [0.2, 0.25) is 0 Å². The van der Waals surface area contributed by atoms with Gasteiger partial charge in [0.15, 0.2) is 0 Å². The molecule has 4 aromatic rings. The zero-order chi connectivity index (χ0) is 22.5. The van der Waals surface area contributed by atoms with Gasteiger partial charge in [0, 0.05) is 24.9 Å². The van der Waals surface area contributed by atoms with Crippen molar-refractivity contribution in [1.29, 1.82) is 0 Å². The fourth-order valence-corrected chi connectivity index (χ4v) is 3.74. The summed E-state index contributed by atoms with van der Waals surface area (Å²) in [5.74, 6) is 0. The maximum absolute atomic E-state index is 13.2. The highest BCUT2D eigenvalue weighted by atomic mass is 16.6. The zero-order valence-electron chi connectivity index (χ0n) is 17.4. The van der Waals surface area contributed by atoms with Gasteiger partial charge in [-0.1, -0.05) is 42.5 Å². The van der Waals surface area contributed by atoms with Gasteiger partial charge in [-0.15, -0.1) is 0 Å². The van der Waals surface area contributed by atoms with Crippen molar-refractivity contribution in [2.75, 3.05) is 0 Å². The summed E-state index contributed by atoms with van der Waals surface area (Å²) in [6.45, 7) is 0.476. The Morgan fingerprint density at radius 1 is 0.844 bits per heavy atom. The van der Waals surface area contributed by atoms with Crippen molar-refractivity contribution in [2.24, 2.45) is 0 Å².